The Morgan fingerprint density at radius 2 is 1.93 bits per heavy atom. The molecule has 0 bridgehead atoms. The number of rotatable bonds is 3. The van der Waals surface area contributed by atoms with Gasteiger partial charge in [-0.25, -0.2) is 9.78 Å². The lowest BCUT2D eigenvalue weighted by atomic mass is 10.0. The molecule has 3 amide bonds. The molecule has 30 heavy (non-hydrogen) atoms. The Balaban J connectivity index is 1.52. The highest BCUT2D eigenvalue weighted by Gasteiger charge is 2.37. The fourth-order valence-corrected chi connectivity index (χ4v) is 4.22. The van der Waals surface area contributed by atoms with E-state index in [0.717, 1.165) is 27.9 Å². The summed E-state index contributed by atoms with van der Waals surface area (Å²) in [5, 5.41) is 3.70. The quantitative estimate of drug-likeness (QED) is 0.731. The van der Waals surface area contributed by atoms with Gasteiger partial charge in [0.2, 0.25) is 0 Å². The number of piperazine rings is 1. The van der Waals surface area contributed by atoms with Gasteiger partial charge >= 0.3 is 6.03 Å². The zero-order valence-electron chi connectivity index (χ0n) is 16.7. The molecule has 7 heteroatoms. The standard InChI is InChI=1S/C23H22N4O3/c1-30-17-8-6-15(7-9-17)21-12-19(18-4-2-3-5-20(18)25-21)22(28)26-10-11-27-16(14-26)13-24-23(27)29/h2-9,12,16H,10-11,13-14H2,1H3,(H,24,29)/t16-/m0/s1. The van der Waals surface area contributed by atoms with Crippen LogP contribution in [0.25, 0.3) is 22.2 Å². The second-order valence-electron chi connectivity index (χ2n) is 7.59. The van der Waals surface area contributed by atoms with Crippen molar-refractivity contribution < 1.29 is 14.3 Å². The molecule has 3 aromatic rings. The lowest BCUT2D eigenvalue weighted by Crippen LogP contribution is -2.53. The molecule has 2 aliphatic rings. The maximum Gasteiger partial charge on any atom is 0.317 e. The van der Waals surface area contributed by atoms with Gasteiger partial charge in [0, 0.05) is 37.1 Å². The van der Waals surface area contributed by atoms with E-state index in [4.69, 9.17) is 9.72 Å². The minimum atomic E-state index is -0.0387. The Bertz CT molecular complexity index is 1130. The number of aromatic nitrogens is 1. The Morgan fingerprint density at radius 1 is 1.13 bits per heavy atom. The molecule has 7 nitrogen and oxygen atoms in total. The number of para-hydroxylation sites is 1. The van der Waals surface area contributed by atoms with Crippen LogP contribution in [-0.4, -0.2) is 66.1 Å². The molecule has 0 spiro atoms. The second-order valence-corrected chi connectivity index (χ2v) is 7.59. The number of hydrogen-bond donors (Lipinski definition) is 1. The molecule has 1 aromatic heterocycles. The van der Waals surface area contributed by atoms with E-state index in [1.165, 1.54) is 0 Å². The van der Waals surface area contributed by atoms with Crippen LogP contribution in [0, 0.1) is 0 Å². The van der Waals surface area contributed by atoms with Crippen molar-refractivity contribution in [3.8, 4) is 17.0 Å². The van der Waals surface area contributed by atoms with Gasteiger partial charge in [0.1, 0.15) is 5.75 Å². The Hall–Kier alpha value is -3.61. The van der Waals surface area contributed by atoms with Crippen LogP contribution in [0.5, 0.6) is 5.75 Å². The van der Waals surface area contributed by atoms with Gasteiger partial charge in [-0.05, 0) is 36.4 Å². The first-order valence-corrected chi connectivity index (χ1v) is 10.0. The molecule has 2 aromatic carbocycles. The number of nitrogens with zero attached hydrogens (tertiary/aromatic N) is 3. The number of fused-ring (bicyclic) bond motifs is 2. The van der Waals surface area contributed by atoms with Crippen LogP contribution in [0.15, 0.2) is 54.6 Å². The Morgan fingerprint density at radius 3 is 2.73 bits per heavy atom. The van der Waals surface area contributed by atoms with Crippen LogP contribution < -0.4 is 10.1 Å². The van der Waals surface area contributed by atoms with E-state index < -0.39 is 0 Å². The molecule has 152 valence electrons. The maximum atomic E-state index is 13.5. The summed E-state index contributed by atoms with van der Waals surface area (Å²) in [6, 6.07) is 17.2. The lowest BCUT2D eigenvalue weighted by Gasteiger charge is -2.36. The molecule has 0 radical (unpaired) electrons. The summed E-state index contributed by atoms with van der Waals surface area (Å²) in [6.45, 7) is 2.19. The van der Waals surface area contributed by atoms with E-state index in [9.17, 15) is 9.59 Å². The molecule has 1 N–H and O–H groups in total. The van der Waals surface area contributed by atoms with Crippen molar-refractivity contribution in [3.05, 3.63) is 60.2 Å². The van der Waals surface area contributed by atoms with E-state index in [1.54, 1.807) is 7.11 Å². The number of carbonyl (C=O) groups is 2. The highest BCUT2D eigenvalue weighted by molar-refractivity contribution is 6.07. The predicted octanol–water partition coefficient (Wildman–Crippen LogP) is 2.76. The van der Waals surface area contributed by atoms with Crippen molar-refractivity contribution in [2.45, 2.75) is 6.04 Å². The molecule has 5 rings (SSSR count). The Labute approximate surface area is 174 Å². The molecule has 0 aliphatic carbocycles. The van der Waals surface area contributed by atoms with E-state index in [-0.39, 0.29) is 18.0 Å². The van der Waals surface area contributed by atoms with Crippen molar-refractivity contribution in [1.29, 1.82) is 0 Å². The third kappa shape index (κ3) is 3.12. The summed E-state index contributed by atoms with van der Waals surface area (Å²) >= 11 is 0. The van der Waals surface area contributed by atoms with Gasteiger partial charge < -0.3 is 19.9 Å². The monoisotopic (exact) mass is 402 g/mol. The van der Waals surface area contributed by atoms with E-state index >= 15 is 0 Å². The molecule has 0 saturated carbocycles. The van der Waals surface area contributed by atoms with Gasteiger partial charge in [-0.2, -0.15) is 0 Å². The predicted molar refractivity (Wildman–Crippen MR) is 114 cm³/mol. The third-order valence-electron chi connectivity index (χ3n) is 5.85. The minimum absolute atomic E-state index is 0.0256. The first-order valence-electron chi connectivity index (χ1n) is 10.0. The third-order valence-corrected chi connectivity index (χ3v) is 5.85. The first kappa shape index (κ1) is 18.4. The van der Waals surface area contributed by atoms with Crippen molar-refractivity contribution >= 4 is 22.8 Å². The van der Waals surface area contributed by atoms with Crippen LogP contribution in [0.1, 0.15) is 10.4 Å². The molecule has 3 heterocycles. The highest BCUT2D eigenvalue weighted by Crippen LogP contribution is 2.28. The molecule has 2 fully saturated rings. The summed E-state index contributed by atoms with van der Waals surface area (Å²) in [5.41, 5.74) is 3.09. The number of carbonyl (C=O) groups excluding carboxylic acids is 2. The largest absolute Gasteiger partial charge is 0.497 e. The summed E-state index contributed by atoms with van der Waals surface area (Å²) in [4.78, 5) is 33.8. The van der Waals surface area contributed by atoms with Crippen LogP contribution >= 0.6 is 0 Å². The maximum absolute atomic E-state index is 13.5. The minimum Gasteiger partial charge on any atom is -0.497 e. The number of amides is 3. The summed E-state index contributed by atoms with van der Waals surface area (Å²) < 4.78 is 5.24. The van der Waals surface area contributed by atoms with Gasteiger partial charge in [0.05, 0.1) is 29.9 Å². The smallest absolute Gasteiger partial charge is 0.317 e. The fraction of sp³-hybridized carbons (Fsp3) is 0.261. The van der Waals surface area contributed by atoms with Crippen LogP contribution in [0.2, 0.25) is 0 Å². The molecule has 1 atom stereocenters. The molecular weight excluding hydrogens is 380 g/mol. The summed E-state index contributed by atoms with van der Waals surface area (Å²) in [5.74, 6) is 0.746. The average molecular weight is 402 g/mol. The van der Waals surface area contributed by atoms with Gasteiger partial charge in [0.25, 0.3) is 5.91 Å². The van der Waals surface area contributed by atoms with E-state index in [0.29, 0.717) is 31.7 Å². The second kappa shape index (κ2) is 7.33. The number of benzene rings is 2. The zero-order chi connectivity index (χ0) is 20.7. The van der Waals surface area contributed by atoms with Gasteiger partial charge in [-0.3, -0.25) is 4.79 Å². The van der Waals surface area contributed by atoms with Crippen LogP contribution in [-0.2, 0) is 0 Å². The van der Waals surface area contributed by atoms with Gasteiger partial charge in [0.15, 0.2) is 0 Å². The average Bonchev–Trinajstić information content (AvgIpc) is 3.18. The molecular formula is C23H22N4O3. The molecule has 2 saturated heterocycles. The van der Waals surface area contributed by atoms with Crippen LogP contribution in [0.3, 0.4) is 0 Å². The van der Waals surface area contributed by atoms with Gasteiger partial charge in [-0.15, -0.1) is 0 Å². The first-order chi connectivity index (χ1) is 14.6. The number of ether oxygens (including phenoxy) is 1. The molecule has 0 unspecified atom stereocenters. The fourth-order valence-electron chi connectivity index (χ4n) is 4.22. The summed E-state index contributed by atoms with van der Waals surface area (Å²) in [7, 11) is 1.63. The van der Waals surface area contributed by atoms with E-state index in [2.05, 4.69) is 5.32 Å². The number of pyridine rings is 1. The number of urea groups is 1. The van der Waals surface area contributed by atoms with Crippen molar-refractivity contribution in [2.75, 3.05) is 33.3 Å². The normalized spacial score (nSPS) is 18.3. The zero-order valence-corrected chi connectivity index (χ0v) is 16.7. The SMILES string of the molecule is COc1ccc(-c2cc(C(=O)N3CCN4C(=O)NC[C@H]4C3)c3ccccc3n2)cc1. The van der Waals surface area contributed by atoms with E-state index in [1.807, 2.05) is 64.4 Å². The van der Waals surface area contributed by atoms with Crippen molar-refractivity contribution in [3.63, 3.8) is 0 Å². The van der Waals surface area contributed by atoms with Crippen molar-refractivity contribution in [2.24, 2.45) is 0 Å². The topological polar surface area (TPSA) is 74.8 Å². The summed E-state index contributed by atoms with van der Waals surface area (Å²) in [6.07, 6.45) is 0. The highest BCUT2D eigenvalue weighted by atomic mass is 16.5. The van der Waals surface area contributed by atoms with Crippen molar-refractivity contribution in [1.82, 2.24) is 20.1 Å². The number of hydrogen-bond acceptors (Lipinski definition) is 4. The van der Waals surface area contributed by atoms with Crippen LogP contribution in [0.4, 0.5) is 4.79 Å². The molecule has 2 aliphatic heterocycles. The number of nitrogens with one attached hydrogen (secondary N) is 1. The Kier molecular flexibility index (Phi) is 4.50. The lowest BCUT2D eigenvalue weighted by molar-refractivity contribution is 0.0619. The van der Waals surface area contributed by atoms with Gasteiger partial charge in [-0.1, -0.05) is 18.2 Å². The number of methoxy groups -OCH3 is 1.